The molecule has 0 aliphatic heterocycles. The smallest absolute Gasteiger partial charge is 0.0701 e. The molecular weight excluding hydrogens is 234 g/mol. The Balaban J connectivity index is 2.54. The summed E-state index contributed by atoms with van der Waals surface area (Å²) in [5.41, 5.74) is 0. The Morgan fingerprint density at radius 1 is 1.75 bits per heavy atom. The van der Waals surface area contributed by atoms with Crippen LogP contribution in [0.25, 0.3) is 0 Å². The molecule has 1 nitrogen and oxygen atoms in total. The van der Waals surface area contributed by atoms with Crippen LogP contribution >= 0.6 is 27.3 Å². The maximum atomic E-state index is 5.14. The molecule has 0 aromatic carbocycles. The van der Waals surface area contributed by atoms with Crippen LogP contribution in [0.3, 0.4) is 0 Å². The molecule has 64 valence electrons. The van der Waals surface area contributed by atoms with E-state index >= 15 is 0 Å². The van der Waals surface area contributed by atoms with Crippen molar-refractivity contribution < 1.29 is 0 Å². The molecule has 0 spiro atoms. The van der Waals surface area contributed by atoms with E-state index in [9.17, 15) is 0 Å². The molecular formula is C9H10BrNS. The highest BCUT2D eigenvalue weighted by Gasteiger charge is 2.05. The van der Waals surface area contributed by atoms with E-state index < -0.39 is 0 Å². The summed E-state index contributed by atoms with van der Waals surface area (Å²) < 4.78 is 1.16. The Bertz CT molecular complexity index is 287. The Labute approximate surface area is 85.3 Å². The molecule has 0 saturated carbocycles. The minimum absolute atomic E-state index is 0.345. The predicted molar refractivity (Wildman–Crippen MR) is 57.3 cm³/mol. The molecule has 3 heteroatoms. The van der Waals surface area contributed by atoms with E-state index in [1.165, 1.54) is 4.88 Å². The van der Waals surface area contributed by atoms with E-state index in [1.54, 1.807) is 11.3 Å². The molecule has 1 N–H and O–H groups in total. The highest BCUT2D eigenvalue weighted by atomic mass is 79.9. The molecule has 1 heterocycles. The van der Waals surface area contributed by atoms with Crippen molar-refractivity contribution in [2.75, 3.05) is 6.54 Å². The maximum absolute atomic E-state index is 5.14. The van der Waals surface area contributed by atoms with Gasteiger partial charge in [-0.15, -0.1) is 17.8 Å². The molecule has 1 unspecified atom stereocenters. The van der Waals surface area contributed by atoms with Gasteiger partial charge in [0.1, 0.15) is 0 Å². The summed E-state index contributed by atoms with van der Waals surface area (Å²) in [7, 11) is 0. The van der Waals surface area contributed by atoms with Gasteiger partial charge in [0.25, 0.3) is 0 Å². The van der Waals surface area contributed by atoms with E-state index in [0.717, 1.165) is 3.79 Å². The van der Waals surface area contributed by atoms with Gasteiger partial charge in [-0.05, 0) is 35.0 Å². The summed E-state index contributed by atoms with van der Waals surface area (Å²) in [6.45, 7) is 2.73. The number of terminal acetylenes is 1. The van der Waals surface area contributed by atoms with E-state index in [2.05, 4.69) is 40.2 Å². The number of hydrogen-bond acceptors (Lipinski definition) is 2. The molecule has 0 saturated heterocycles. The van der Waals surface area contributed by atoms with Gasteiger partial charge in [-0.25, -0.2) is 0 Å². The molecule has 0 aliphatic rings. The van der Waals surface area contributed by atoms with Gasteiger partial charge in [-0.2, -0.15) is 0 Å². The van der Waals surface area contributed by atoms with Crippen LogP contribution in [-0.4, -0.2) is 6.54 Å². The second kappa shape index (κ2) is 4.66. The molecule has 1 rings (SSSR count). The zero-order valence-electron chi connectivity index (χ0n) is 6.80. The predicted octanol–water partition coefficient (Wildman–Crippen LogP) is 2.79. The van der Waals surface area contributed by atoms with E-state index in [0.29, 0.717) is 12.6 Å². The lowest BCUT2D eigenvalue weighted by Gasteiger charge is -2.08. The van der Waals surface area contributed by atoms with E-state index in [4.69, 9.17) is 6.42 Å². The number of nitrogens with one attached hydrogen (secondary N) is 1. The van der Waals surface area contributed by atoms with Crippen LogP contribution in [0.1, 0.15) is 17.8 Å². The maximum Gasteiger partial charge on any atom is 0.0701 e. The normalized spacial score (nSPS) is 12.4. The lowest BCUT2D eigenvalue weighted by molar-refractivity contribution is 0.633. The van der Waals surface area contributed by atoms with Gasteiger partial charge >= 0.3 is 0 Å². The zero-order valence-corrected chi connectivity index (χ0v) is 9.21. The first kappa shape index (κ1) is 9.79. The minimum Gasteiger partial charge on any atom is -0.299 e. The van der Waals surface area contributed by atoms with Gasteiger partial charge in [0, 0.05) is 10.9 Å². The SMILES string of the molecule is C#CCNC(C)c1ccc(Br)s1. The third-order valence-electron chi connectivity index (χ3n) is 1.53. The summed E-state index contributed by atoms with van der Waals surface area (Å²) in [4.78, 5) is 1.30. The van der Waals surface area contributed by atoms with E-state index in [1.807, 2.05) is 6.07 Å². The highest BCUT2D eigenvalue weighted by Crippen LogP contribution is 2.26. The number of halogens is 1. The van der Waals surface area contributed by atoms with Crippen molar-refractivity contribution in [3.05, 3.63) is 20.8 Å². The van der Waals surface area contributed by atoms with Crippen LogP contribution in [-0.2, 0) is 0 Å². The third kappa shape index (κ3) is 2.63. The molecule has 0 fully saturated rings. The number of thiophene rings is 1. The van der Waals surface area contributed by atoms with E-state index in [-0.39, 0.29) is 0 Å². The first-order valence-corrected chi connectivity index (χ1v) is 5.27. The van der Waals surface area contributed by atoms with Gasteiger partial charge < -0.3 is 0 Å². The fraction of sp³-hybridized carbons (Fsp3) is 0.333. The first-order valence-electron chi connectivity index (χ1n) is 3.66. The quantitative estimate of drug-likeness (QED) is 0.806. The average Bonchev–Trinajstić information content (AvgIpc) is 2.47. The van der Waals surface area contributed by atoms with Crippen molar-refractivity contribution >= 4 is 27.3 Å². The Kier molecular flexibility index (Phi) is 3.80. The zero-order chi connectivity index (χ0) is 8.97. The van der Waals surface area contributed by atoms with Gasteiger partial charge in [0.2, 0.25) is 0 Å². The molecule has 0 bridgehead atoms. The topological polar surface area (TPSA) is 12.0 Å². The monoisotopic (exact) mass is 243 g/mol. The van der Waals surface area contributed by atoms with Gasteiger partial charge in [0.15, 0.2) is 0 Å². The standard InChI is InChI=1S/C9H10BrNS/c1-3-6-11-7(2)8-4-5-9(10)12-8/h1,4-5,7,11H,6H2,2H3. The van der Waals surface area contributed by atoms with Crippen LogP contribution in [0.15, 0.2) is 15.9 Å². The van der Waals surface area contributed by atoms with Crippen molar-refractivity contribution in [2.24, 2.45) is 0 Å². The lowest BCUT2D eigenvalue weighted by atomic mass is 10.3. The number of hydrogen-bond donors (Lipinski definition) is 1. The van der Waals surface area contributed by atoms with Crippen LogP contribution in [0.5, 0.6) is 0 Å². The van der Waals surface area contributed by atoms with Gasteiger partial charge in [-0.3, -0.25) is 5.32 Å². The second-order valence-electron chi connectivity index (χ2n) is 2.45. The first-order chi connectivity index (χ1) is 5.74. The lowest BCUT2D eigenvalue weighted by Crippen LogP contribution is -2.17. The van der Waals surface area contributed by atoms with Crippen molar-refractivity contribution in [2.45, 2.75) is 13.0 Å². The third-order valence-corrected chi connectivity index (χ3v) is 3.34. The number of rotatable bonds is 3. The van der Waals surface area contributed by atoms with Crippen LogP contribution in [0.4, 0.5) is 0 Å². The molecule has 12 heavy (non-hydrogen) atoms. The van der Waals surface area contributed by atoms with Crippen molar-refractivity contribution in [1.82, 2.24) is 5.32 Å². The Morgan fingerprint density at radius 3 is 3.00 bits per heavy atom. The molecule has 0 amide bonds. The Hall–Kier alpha value is -0.300. The highest BCUT2D eigenvalue weighted by molar-refractivity contribution is 9.11. The summed E-state index contributed by atoms with van der Waals surface area (Å²) >= 11 is 5.15. The van der Waals surface area contributed by atoms with Gasteiger partial charge in [0.05, 0.1) is 10.3 Å². The van der Waals surface area contributed by atoms with Crippen molar-refractivity contribution in [1.29, 1.82) is 0 Å². The Morgan fingerprint density at radius 2 is 2.50 bits per heavy atom. The van der Waals surface area contributed by atoms with Crippen molar-refractivity contribution in [3.8, 4) is 12.3 Å². The van der Waals surface area contributed by atoms with Gasteiger partial charge in [-0.1, -0.05) is 5.92 Å². The van der Waals surface area contributed by atoms with Crippen molar-refractivity contribution in [3.63, 3.8) is 0 Å². The average molecular weight is 244 g/mol. The summed E-state index contributed by atoms with van der Waals surface area (Å²) in [6.07, 6.45) is 5.14. The van der Waals surface area contributed by atoms with Crippen LogP contribution in [0.2, 0.25) is 0 Å². The molecule has 0 radical (unpaired) electrons. The summed E-state index contributed by atoms with van der Waals surface area (Å²) in [5, 5.41) is 3.22. The largest absolute Gasteiger partial charge is 0.299 e. The minimum atomic E-state index is 0.345. The fourth-order valence-electron chi connectivity index (χ4n) is 0.874. The second-order valence-corrected chi connectivity index (χ2v) is 4.94. The molecule has 1 atom stereocenters. The fourth-order valence-corrected chi connectivity index (χ4v) is 2.32. The summed E-state index contributed by atoms with van der Waals surface area (Å²) in [5.74, 6) is 2.56. The molecule has 1 aromatic heterocycles. The molecule has 1 aromatic rings. The van der Waals surface area contributed by atoms with Crippen LogP contribution in [0, 0.1) is 12.3 Å². The molecule has 0 aliphatic carbocycles. The van der Waals surface area contributed by atoms with Crippen LogP contribution < -0.4 is 5.32 Å². The summed E-state index contributed by atoms with van der Waals surface area (Å²) in [6, 6.07) is 4.49.